The maximum absolute atomic E-state index is 12.4. The molecule has 2 heterocycles. The van der Waals surface area contributed by atoms with E-state index in [9.17, 15) is 13.2 Å². The van der Waals surface area contributed by atoms with Gasteiger partial charge in [-0.3, -0.25) is 4.79 Å². The molecule has 3 aromatic carbocycles. The van der Waals surface area contributed by atoms with E-state index in [0.29, 0.717) is 23.0 Å². The Labute approximate surface area is 218 Å². The number of aromatic nitrogens is 1. The Bertz CT molecular complexity index is 1530. The molecule has 2 N–H and O–H groups in total. The van der Waals surface area contributed by atoms with Crippen LogP contribution in [0.5, 0.6) is 0 Å². The van der Waals surface area contributed by atoms with Gasteiger partial charge in [0.15, 0.2) is 20.1 Å². The van der Waals surface area contributed by atoms with Crippen LogP contribution in [-0.4, -0.2) is 42.5 Å². The fourth-order valence-electron chi connectivity index (χ4n) is 3.81. The van der Waals surface area contributed by atoms with E-state index in [1.54, 1.807) is 18.2 Å². The molecular weight excluding hydrogens is 513 g/mol. The second kappa shape index (κ2) is 10.4. The van der Waals surface area contributed by atoms with E-state index in [1.807, 2.05) is 54.6 Å². The standard InChI is InChI=1S/C26H24N4O3S3/c1-36(32,33)20-11-12-21-23(16-20)34-25(29-21)27-14-13-17-7-9-19(10-8-17)28-26-30-22(24(31)35-26)15-18-5-3-2-4-6-18/h2-12,16,22H,13-15H2,1H3,(H,27,29)(H,28,30)/t22-/m0/s1. The summed E-state index contributed by atoms with van der Waals surface area (Å²) in [6.07, 6.45) is 2.62. The SMILES string of the molecule is CS(=O)(=O)c1ccc2nc(NCCc3ccc(NC4=N[C@@H](Cc5ccccc5)C(=O)S4)cc3)sc2c1. The van der Waals surface area contributed by atoms with Crippen LogP contribution >= 0.6 is 23.1 Å². The predicted octanol–water partition coefficient (Wildman–Crippen LogP) is 5.01. The first kappa shape index (κ1) is 24.5. The number of thioether (sulfide) groups is 1. The number of hydrogen-bond acceptors (Lipinski definition) is 9. The highest BCUT2D eigenvalue weighted by molar-refractivity contribution is 8.27. The number of rotatable bonds is 8. The molecule has 1 atom stereocenters. The fourth-order valence-corrected chi connectivity index (χ4v) is 6.28. The summed E-state index contributed by atoms with van der Waals surface area (Å²) in [6, 6.07) is 22.6. The van der Waals surface area contributed by atoms with Gasteiger partial charge in [-0.25, -0.2) is 18.4 Å². The van der Waals surface area contributed by atoms with Crippen LogP contribution in [0.3, 0.4) is 0 Å². The van der Waals surface area contributed by atoms with Crippen molar-refractivity contribution in [3.8, 4) is 0 Å². The Morgan fingerprint density at radius 3 is 2.50 bits per heavy atom. The lowest BCUT2D eigenvalue weighted by atomic mass is 10.1. The number of hydrogen-bond donors (Lipinski definition) is 2. The maximum atomic E-state index is 12.4. The van der Waals surface area contributed by atoms with Crippen LogP contribution in [0.1, 0.15) is 11.1 Å². The summed E-state index contributed by atoms with van der Waals surface area (Å²) < 4.78 is 24.4. The summed E-state index contributed by atoms with van der Waals surface area (Å²) >= 11 is 2.60. The zero-order chi connectivity index (χ0) is 25.1. The van der Waals surface area contributed by atoms with E-state index in [0.717, 1.165) is 50.3 Å². The number of fused-ring (bicyclic) bond motifs is 1. The third kappa shape index (κ3) is 5.95. The number of amidine groups is 1. The van der Waals surface area contributed by atoms with Gasteiger partial charge in [0, 0.05) is 24.9 Å². The minimum atomic E-state index is -3.24. The molecule has 7 nitrogen and oxygen atoms in total. The quantitative estimate of drug-likeness (QED) is 0.327. The molecule has 0 radical (unpaired) electrons. The second-order valence-electron chi connectivity index (χ2n) is 8.48. The molecule has 0 aliphatic carbocycles. The van der Waals surface area contributed by atoms with Crippen molar-refractivity contribution in [2.45, 2.75) is 23.8 Å². The van der Waals surface area contributed by atoms with Crippen LogP contribution in [0, 0.1) is 0 Å². The number of nitrogens with zero attached hydrogens (tertiary/aromatic N) is 2. The number of benzene rings is 3. The normalized spacial score (nSPS) is 15.8. The Morgan fingerprint density at radius 2 is 1.75 bits per heavy atom. The van der Waals surface area contributed by atoms with Crippen molar-refractivity contribution in [2.24, 2.45) is 4.99 Å². The summed E-state index contributed by atoms with van der Waals surface area (Å²) in [5.41, 5.74) is 3.93. The molecule has 0 spiro atoms. The van der Waals surface area contributed by atoms with E-state index in [1.165, 1.54) is 17.6 Å². The van der Waals surface area contributed by atoms with Crippen molar-refractivity contribution in [2.75, 3.05) is 23.4 Å². The summed E-state index contributed by atoms with van der Waals surface area (Å²) in [5.74, 6) is 0. The Balaban J connectivity index is 1.14. The van der Waals surface area contributed by atoms with Gasteiger partial charge in [-0.05, 0) is 59.6 Å². The van der Waals surface area contributed by atoms with Gasteiger partial charge in [0.05, 0.1) is 15.1 Å². The van der Waals surface area contributed by atoms with Gasteiger partial charge < -0.3 is 10.6 Å². The van der Waals surface area contributed by atoms with Crippen molar-refractivity contribution in [3.63, 3.8) is 0 Å². The molecule has 0 saturated heterocycles. The molecule has 10 heteroatoms. The lowest BCUT2D eigenvalue weighted by Gasteiger charge is -2.07. The number of sulfone groups is 1. The molecule has 1 aliphatic rings. The largest absolute Gasteiger partial charge is 0.361 e. The molecule has 5 rings (SSSR count). The third-order valence-electron chi connectivity index (χ3n) is 5.70. The highest BCUT2D eigenvalue weighted by atomic mass is 32.2. The molecule has 0 amide bonds. The summed E-state index contributed by atoms with van der Waals surface area (Å²) in [7, 11) is -3.24. The molecule has 1 aliphatic heterocycles. The lowest BCUT2D eigenvalue weighted by Crippen LogP contribution is -2.13. The van der Waals surface area contributed by atoms with Crippen LogP contribution in [0.2, 0.25) is 0 Å². The van der Waals surface area contributed by atoms with Gasteiger partial charge in [0.1, 0.15) is 6.04 Å². The predicted molar refractivity (Wildman–Crippen MR) is 149 cm³/mol. The fraction of sp³-hybridized carbons (Fsp3) is 0.192. The van der Waals surface area contributed by atoms with Crippen molar-refractivity contribution >= 4 is 64.3 Å². The van der Waals surface area contributed by atoms with E-state index >= 15 is 0 Å². The van der Waals surface area contributed by atoms with E-state index < -0.39 is 9.84 Å². The van der Waals surface area contributed by atoms with E-state index in [4.69, 9.17) is 0 Å². The molecule has 1 aromatic heterocycles. The highest BCUT2D eigenvalue weighted by Gasteiger charge is 2.28. The zero-order valence-corrected chi connectivity index (χ0v) is 21.9. The Hall–Kier alpha value is -3.21. The smallest absolute Gasteiger partial charge is 0.221 e. The first-order valence-corrected chi connectivity index (χ1v) is 14.9. The number of aliphatic imine (C=N–C) groups is 1. The molecule has 0 saturated carbocycles. The number of carbonyl (C=O) groups is 1. The van der Waals surface area contributed by atoms with Crippen LogP contribution in [0.4, 0.5) is 10.8 Å². The minimum Gasteiger partial charge on any atom is -0.361 e. The molecule has 0 bridgehead atoms. The molecule has 184 valence electrons. The first-order chi connectivity index (χ1) is 17.3. The number of nitrogens with one attached hydrogen (secondary N) is 2. The summed E-state index contributed by atoms with van der Waals surface area (Å²) in [4.78, 5) is 21.8. The zero-order valence-electron chi connectivity index (χ0n) is 19.5. The van der Waals surface area contributed by atoms with Crippen molar-refractivity contribution < 1.29 is 13.2 Å². The molecule has 0 fully saturated rings. The second-order valence-corrected chi connectivity index (χ2v) is 12.5. The lowest BCUT2D eigenvalue weighted by molar-refractivity contribution is -0.111. The average Bonchev–Trinajstić information content (AvgIpc) is 3.42. The molecule has 36 heavy (non-hydrogen) atoms. The minimum absolute atomic E-state index is 0.0615. The average molecular weight is 537 g/mol. The molecule has 0 unspecified atom stereocenters. The van der Waals surface area contributed by atoms with E-state index in [2.05, 4.69) is 20.6 Å². The van der Waals surface area contributed by atoms with Crippen LogP contribution in [-0.2, 0) is 27.5 Å². The Morgan fingerprint density at radius 1 is 0.972 bits per heavy atom. The monoisotopic (exact) mass is 536 g/mol. The van der Waals surface area contributed by atoms with Gasteiger partial charge in [-0.1, -0.05) is 53.8 Å². The number of carbonyl (C=O) groups excluding carboxylic acids is 1. The highest BCUT2D eigenvalue weighted by Crippen LogP contribution is 2.28. The molecule has 4 aromatic rings. The van der Waals surface area contributed by atoms with Gasteiger partial charge in [0.2, 0.25) is 5.12 Å². The number of thiazole rings is 1. The van der Waals surface area contributed by atoms with Crippen LogP contribution < -0.4 is 10.6 Å². The van der Waals surface area contributed by atoms with E-state index in [-0.39, 0.29) is 11.2 Å². The Kier molecular flexibility index (Phi) is 7.08. The van der Waals surface area contributed by atoms with Gasteiger partial charge in [-0.15, -0.1) is 0 Å². The van der Waals surface area contributed by atoms with Gasteiger partial charge >= 0.3 is 0 Å². The maximum Gasteiger partial charge on any atom is 0.221 e. The first-order valence-electron chi connectivity index (χ1n) is 11.4. The topological polar surface area (TPSA) is 101 Å². The van der Waals surface area contributed by atoms with Gasteiger partial charge in [0.25, 0.3) is 0 Å². The number of anilines is 2. The summed E-state index contributed by atoms with van der Waals surface area (Å²) in [6.45, 7) is 0.698. The summed E-state index contributed by atoms with van der Waals surface area (Å²) in [5, 5.41) is 8.03. The van der Waals surface area contributed by atoms with Crippen molar-refractivity contribution in [1.29, 1.82) is 0 Å². The van der Waals surface area contributed by atoms with Crippen molar-refractivity contribution in [1.82, 2.24) is 4.98 Å². The van der Waals surface area contributed by atoms with Gasteiger partial charge in [-0.2, -0.15) is 0 Å². The van der Waals surface area contributed by atoms with Crippen LogP contribution in [0.25, 0.3) is 10.2 Å². The van der Waals surface area contributed by atoms with Crippen LogP contribution in [0.15, 0.2) is 82.7 Å². The third-order valence-corrected chi connectivity index (χ3v) is 8.66. The van der Waals surface area contributed by atoms with Crippen molar-refractivity contribution in [3.05, 3.63) is 83.9 Å². The molecular formula is C26H24N4O3S3.